The number of hydrogen-bond donors (Lipinski definition) is 2. The van der Waals surface area contributed by atoms with Gasteiger partial charge in [0.2, 0.25) is 5.91 Å². The van der Waals surface area contributed by atoms with Gasteiger partial charge in [-0.05, 0) is 51.8 Å². The Hall–Kier alpha value is -2.28. The molecule has 7 heteroatoms. The van der Waals surface area contributed by atoms with Crippen LogP contribution in [0.5, 0.6) is 0 Å². The van der Waals surface area contributed by atoms with Gasteiger partial charge in [0.15, 0.2) is 0 Å². The van der Waals surface area contributed by atoms with E-state index in [4.69, 9.17) is 4.74 Å². The fraction of sp³-hybridized carbons (Fsp3) is 0.600. The lowest BCUT2D eigenvalue weighted by atomic mass is 10.2. The molecule has 0 atom stereocenters. The molecule has 1 aromatic carbocycles. The van der Waals surface area contributed by atoms with Crippen LogP contribution in [-0.2, 0) is 9.53 Å². The number of carbonyl (C=O) groups is 2. The third-order valence-electron chi connectivity index (χ3n) is 4.40. The van der Waals surface area contributed by atoms with Gasteiger partial charge in [-0.25, -0.2) is 4.79 Å². The maximum Gasteiger partial charge on any atom is 0.410 e. The Balaban J connectivity index is 1.85. The Morgan fingerprint density at radius 1 is 1.15 bits per heavy atom. The van der Waals surface area contributed by atoms with Crippen molar-refractivity contribution in [2.75, 3.05) is 50.4 Å². The molecule has 0 bridgehead atoms. The SMILES string of the molecule is CNc1cc(NC(=O)CN2CCCN(C(=O)OC(C)(C)C)CC2)ccc1C. The minimum Gasteiger partial charge on any atom is -0.444 e. The van der Waals surface area contributed by atoms with Crippen LogP contribution in [0.1, 0.15) is 32.8 Å². The average molecular weight is 377 g/mol. The zero-order valence-corrected chi connectivity index (χ0v) is 17.1. The van der Waals surface area contributed by atoms with Crippen molar-refractivity contribution in [1.82, 2.24) is 9.80 Å². The minimum atomic E-state index is -0.497. The topological polar surface area (TPSA) is 73.9 Å². The number of rotatable bonds is 4. The Labute approximate surface area is 162 Å². The zero-order valence-electron chi connectivity index (χ0n) is 17.1. The van der Waals surface area contributed by atoms with Crippen LogP contribution >= 0.6 is 0 Å². The first-order valence-corrected chi connectivity index (χ1v) is 9.46. The highest BCUT2D eigenvalue weighted by molar-refractivity contribution is 5.92. The van der Waals surface area contributed by atoms with Crippen molar-refractivity contribution in [3.63, 3.8) is 0 Å². The highest BCUT2D eigenvalue weighted by Crippen LogP contribution is 2.19. The third-order valence-corrected chi connectivity index (χ3v) is 4.40. The fourth-order valence-electron chi connectivity index (χ4n) is 3.01. The van der Waals surface area contributed by atoms with E-state index in [1.807, 2.05) is 52.9 Å². The Kier molecular flexibility index (Phi) is 7.07. The summed E-state index contributed by atoms with van der Waals surface area (Å²) in [4.78, 5) is 28.4. The average Bonchev–Trinajstić information content (AvgIpc) is 2.80. The molecule has 1 aliphatic rings. The molecule has 0 saturated carbocycles. The van der Waals surface area contributed by atoms with E-state index in [9.17, 15) is 9.59 Å². The molecular formula is C20H32N4O3. The molecule has 2 amide bonds. The van der Waals surface area contributed by atoms with E-state index in [0.29, 0.717) is 26.2 Å². The fourth-order valence-corrected chi connectivity index (χ4v) is 3.01. The van der Waals surface area contributed by atoms with E-state index in [1.165, 1.54) is 0 Å². The number of benzene rings is 1. The number of amides is 2. The molecule has 2 N–H and O–H groups in total. The molecule has 1 fully saturated rings. The van der Waals surface area contributed by atoms with Crippen LogP contribution in [0.2, 0.25) is 0 Å². The predicted octanol–water partition coefficient (Wildman–Crippen LogP) is 2.92. The quantitative estimate of drug-likeness (QED) is 0.845. The first-order chi connectivity index (χ1) is 12.7. The first-order valence-electron chi connectivity index (χ1n) is 9.46. The van der Waals surface area contributed by atoms with Gasteiger partial charge in [-0.1, -0.05) is 6.07 Å². The summed E-state index contributed by atoms with van der Waals surface area (Å²) in [6.45, 7) is 10.6. The molecule has 27 heavy (non-hydrogen) atoms. The molecule has 1 aromatic rings. The van der Waals surface area contributed by atoms with Gasteiger partial charge >= 0.3 is 6.09 Å². The van der Waals surface area contributed by atoms with Crippen LogP contribution in [0, 0.1) is 6.92 Å². The van der Waals surface area contributed by atoms with Crippen molar-refractivity contribution in [2.24, 2.45) is 0 Å². The number of aryl methyl sites for hydroxylation is 1. The molecule has 1 saturated heterocycles. The molecule has 0 radical (unpaired) electrons. The van der Waals surface area contributed by atoms with Gasteiger partial charge in [-0.15, -0.1) is 0 Å². The molecule has 0 aromatic heterocycles. The van der Waals surface area contributed by atoms with Gasteiger partial charge in [0, 0.05) is 44.6 Å². The van der Waals surface area contributed by atoms with Crippen molar-refractivity contribution in [1.29, 1.82) is 0 Å². The molecular weight excluding hydrogens is 344 g/mol. The zero-order chi connectivity index (χ0) is 20.0. The smallest absolute Gasteiger partial charge is 0.410 e. The lowest BCUT2D eigenvalue weighted by Crippen LogP contribution is -2.40. The first kappa shape index (κ1) is 21.0. The summed E-state index contributed by atoms with van der Waals surface area (Å²) < 4.78 is 5.44. The minimum absolute atomic E-state index is 0.0494. The molecule has 0 unspecified atom stereocenters. The number of ether oxygens (including phenoxy) is 1. The summed E-state index contributed by atoms with van der Waals surface area (Å²) in [6.07, 6.45) is 0.536. The second-order valence-electron chi connectivity index (χ2n) is 7.92. The lowest BCUT2D eigenvalue weighted by Gasteiger charge is -2.26. The maximum atomic E-state index is 12.4. The number of hydrogen-bond acceptors (Lipinski definition) is 5. The highest BCUT2D eigenvalue weighted by Gasteiger charge is 2.25. The van der Waals surface area contributed by atoms with Crippen LogP contribution in [-0.4, -0.2) is 67.2 Å². The van der Waals surface area contributed by atoms with Gasteiger partial charge < -0.3 is 20.3 Å². The van der Waals surface area contributed by atoms with Crippen LogP contribution < -0.4 is 10.6 Å². The second kappa shape index (κ2) is 9.08. The molecule has 2 rings (SSSR count). The molecule has 0 aliphatic carbocycles. The van der Waals surface area contributed by atoms with Crippen molar-refractivity contribution in [2.45, 2.75) is 39.7 Å². The summed E-state index contributed by atoms with van der Waals surface area (Å²) in [6, 6.07) is 5.81. The summed E-state index contributed by atoms with van der Waals surface area (Å²) >= 11 is 0. The number of carbonyl (C=O) groups excluding carboxylic acids is 2. The molecule has 1 aliphatic heterocycles. The number of anilines is 2. The number of nitrogens with zero attached hydrogens (tertiary/aromatic N) is 2. The van der Waals surface area contributed by atoms with Crippen LogP contribution in [0.3, 0.4) is 0 Å². The Morgan fingerprint density at radius 3 is 2.56 bits per heavy atom. The van der Waals surface area contributed by atoms with Crippen LogP contribution in [0.25, 0.3) is 0 Å². The molecule has 0 spiro atoms. The van der Waals surface area contributed by atoms with E-state index in [2.05, 4.69) is 15.5 Å². The molecule has 7 nitrogen and oxygen atoms in total. The summed E-state index contributed by atoms with van der Waals surface area (Å²) in [5.74, 6) is -0.0494. The van der Waals surface area contributed by atoms with Gasteiger partial charge in [0.25, 0.3) is 0 Å². The van der Waals surface area contributed by atoms with Crippen molar-refractivity contribution >= 4 is 23.4 Å². The monoisotopic (exact) mass is 376 g/mol. The highest BCUT2D eigenvalue weighted by atomic mass is 16.6. The van der Waals surface area contributed by atoms with Crippen LogP contribution in [0.15, 0.2) is 18.2 Å². The largest absolute Gasteiger partial charge is 0.444 e. The number of nitrogens with one attached hydrogen (secondary N) is 2. The van der Waals surface area contributed by atoms with Crippen molar-refractivity contribution in [3.8, 4) is 0 Å². The summed E-state index contributed by atoms with van der Waals surface area (Å²) in [5.41, 5.74) is 2.41. The van der Waals surface area contributed by atoms with E-state index < -0.39 is 5.60 Å². The normalized spacial score (nSPS) is 15.8. The van der Waals surface area contributed by atoms with Gasteiger partial charge in [-0.3, -0.25) is 9.69 Å². The van der Waals surface area contributed by atoms with Gasteiger partial charge in [0.05, 0.1) is 6.54 Å². The molecule has 150 valence electrons. The Morgan fingerprint density at radius 2 is 1.89 bits per heavy atom. The standard InChI is InChI=1S/C20H32N4O3/c1-15-7-8-16(13-17(15)21-5)22-18(25)14-23-9-6-10-24(12-11-23)19(26)27-20(2,3)4/h7-8,13,21H,6,9-12,14H2,1-5H3,(H,22,25). The summed E-state index contributed by atoms with van der Waals surface area (Å²) in [7, 11) is 1.86. The van der Waals surface area contributed by atoms with Crippen molar-refractivity contribution < 1.29 is 14.3 Å². The van der Waals surface area contributed by atoms with Crippen molar-refractivity contribution in [3.05, 3.63) is 23.8 Å². The third kappa shape index (κ3) is 6.75. The second-order valence-corrected chi connectivity index (χ2v) is 7.92. The molecule has 1 heterocycles. The van der Waals surface area contributed by atoms with E-state index in [0.717, 1.165) is 29.9 Å². The summed E-state index contributed by atoms with van der Waals surface area (Å²) in [5, 5.41) is 6.07. The van der Waals surface area contributed by atoms with Gasteiger partial charge in [0.1, 0.15) is 5.60 Å². The lowest BCUT2D eigenvalue weighted by molar-refractivity contribution is -0.117. The maximum absolute atomic E-state index is 12.4. The van der Waals surface area contributed by atoms with E-state index in [-0.39, 0.29) is 12.0 Å². The predicted molar refractivity (Wildman–Crippen MR) is 108 cm³/mol. The van der Waals surface area contributed by atoms with E-state index >= 15 is 0 Å². The van der Waals surface area contributed by atoms with E-state index in [1.54, 1.807) is 4.90 Å². The Bertz CT molecular complexity index is 670. The van der Waals surface area contributed by atoms with Crippen LogP contribution in [0.4, 0.5) is 16.2 Å². The van der Waals surface area contributed by atoms with Gasteiger partial charge in [-0.2, -0.15) is 0 Å².